The fraction of sp³-hybridized carbons (Fsp3) is 0.533. The van der Waals surface area contributed by atoms with E-state index in [2.05, 4.69) is 22.0 Å². The standard InChI is InChI=1S/C15H22IO5P/c1-13(17)15-4-2-14(3-5-15)12-20-9-8-18-6-7-19-10-11-21-22-16/h2-5,22H,6-12H2,1H3. The van der Waals surface area contributed by atoms with E-state index in [-0.39, 0.29) is 5.78 Å². The van der Waals surface area contributed by atoms with E-state index in [1.54, 1.807) is 6.92 Å². The number of carbonyl (C=O) groups is 1. The minimum Gasteiger partial charge on any atom is -0.377 e. The van der Waals surface area contributed by atoms with Gasteiger partial charge in [0, 0.05) is 5.56 Å². The molecule has 1 atom stereocenters. The van der Waals surface area contributed by atoms with Crippen LogP contribution < -0.4 is 0 Å². The van der Waals surface area contributed by atoms with Crippen molar-refractivity contribution in [2.45, 2.75) is 13.5 Å². The van der Waals surface area contributed by atoms with Gasteiger partial charge in [-0.25, -0.2) is 0 Å². The number of benzene rings is 1. The smallest absolute Gasteiger partial charge is 0.159 e. The zero-order valence-electron chi connectivity index (χ0n) is 12.7. The van der Waals surface area contributed by atoms with Gasteiger partial charge >= 0.3 is 0 Å². The van der Waals surface area contributed by atoms with Crippen LogP contribution in [0.15, 0.2) is 24.3 Å². The molecule has 1 aromatic carbocycles. The molecule has 5 nitrogen and oxygen atoms in total. The van der Waals surface area contributed by atoms with Crippen molar-refractivity contribution in [3.8, 4) is 0 Å². The quantitative estimate of drug-likeness (QED) is 0.204. The summed E-state index contributed by atoms with van der Waals surface area (Å²) < 4.78 is 21.4. The molecule has 7 heteroatoms. The largest absolute Gasteiger partial charge is 0.377 e. The van der Waals surface area contributed by atoms with Crippen LogP contribution in [0.2, 0.25) is 0 Å². The predicted molar refractivity (Wildman–Crippen MR) is 96.0 cm³/mol. The van der Waals surface area contributed by atoms with Crippen molar-refractivity contribution in [3.05, 3.63) is 35.4 Å². The molecule has 0 N–H and O–H groups in total. The second-order valence-corrected chi connectivity index (χ2v) is 6.22. The number of ketones is 1. The summed E-state index contributed by atoms with van der Waals surface area (Å²) in [6.45, 7) is 6.00. The molecule has 1 unspecified atom stereocenters. The van der Waals surface area contributed by atoms with E-state index in [0.29, 0.717) is 52.7 Å². The van der Waals surface area contributed by atoms with Crippen LogP contribution in [0.3, 0.4) is 0 Å². The number of hydrogen-bond acceptors (Lipinski definition) is 5. The van der Waals surface area contributed by atoms with Gasteiger partial charge in [0.05, 0.1) is 52.7 Å². The average molecular weight is 440 g/mol. The third kappa shape index (κ3) is 9.82. The SMILES string of the molecule is CC(=O)c1ccc(COCCOCCOCCOPI)cc1. The van der Waals surface area contributed by atoms with E-state index < -0.39 is 0 Å². The van der Waals surface area contributed by atoms with Crippen molar-refractivity contribution in [2.75, 3.05) is 39.6 Å². The normalized spacial score (nSPS) is 11.4. The van der Waals surface area contributed by atoms with Gasteiger partial charge in [-0.3, -0.25) is 4.79 Å². The summed E-state index contributed by atoms with van der Waals surface area (Å²) in [7, 11) is 0. The Morgan fingerprint density at radius 3 is 2.05 bits per heavy atom. The molecule has 0 heterocycles. The maximum atomic E-state index is 11.2. The fourth-order valence-corrected chi connectivity index (χ4v) is 2.43. The summed E-state index contributed by atoms with van der Waals surface area (Å²) in [6, 6.07) is 7.45. The average Bonchev–Trinajstić information content (AvgIpc) is 2.53. The lowest BCUT2D eigenvalue weighted by Gasteiger charge is -2.07. The second-order valence-electron chi connectivity index (χ2n) is 4.46. The molecule has 1 rings (SSSR count). The summed E-state index contributed by atoms with van der Waals surface area (Å²) in [5, 5.41) is 0. The molecule has 0 aromatic heterocycles. The van der Waals surface area contributed by atoms with Crippen LogP contribution in [0.1, 0.15) is 22.8 Å². The van der Waals surface area contributed by atoms with Gasteiger partial charge in [0.25, 0.3) is 0 Å². The minimum atomic E-state index is 0.0735. The number of carbonyl (C=O) groups excluding carboxylic acids is 1. The number of halogens is 1. The van der Waals surface area contributed by atoms with Crippen molar-refractivity contribution in [1.29, 1.82) is 0 Å². The summed E-state index contributed by atoms with van der Waals surface area (Å²) in [5.41, 5.74) is 1.76. The first kappa shape index (κ1) is 19.9. The molecule has 0 amide bonds. The van der Waals surface area contributed by atoms with E-state index >= 15 is 0 Å². The molecule has 0 saturated heterocycles. The predicted octanol–water partition coefficient (Wildman–Crippen LogP) is 3.40. The Kier molecular flexibility index (Phi) is 12.1. The van der Waals surface area contributed by atoms with E-state index in [9.17, 15) is 4.79 Å². The molecule has 0 radical (unpaired) electrons. The van der Waals surface area contributed by atoms with Crippen molar-refractivity contribution in [2.24, 2.45) is 0 Å². The first-order valence-electron chi connectivity index (χ1n) is 7.04. The third-order valence-corrected chi connectivity index (χ3v) is 4.00. The van der Waals surface area contributed by atoms with Gasteiger partial charge in [-0.2, -0.15) is 0 Å². The molecule has 0 bridgehead atoms. The highest BCUT2D eigenvalue weighted by atomic mass is 127. The lowest BCUT2D eigenvalue weighted by Crippen LogP contribution is -2.11. The summed E-state index contributed by atoms with van der Waals surface area (Å²) >= 11 is 2.18. The topological polar surface area (TPSA) is 54.0 Å². The molecule has 0 fully saturated rings. The summed E-state index contributed by atoms with van der Waals surface area (Å²) in [5.74, 6) is 0.0735. The van der Waals surface area contributed by atoms with Crippen LogP contribution in [0.4, 0.5) is 0 Å². The molecule has 1 aromatic rings. The third-order valence-electron chi connectivity index (χ3n) is 2.76. The number of Topliss-reactive ketones (excluding diaryl/α,β-unsaturated/α-hetero) is 1. The molecular formula is C15H22IO5P. The Morgan fingerprint density at radius 1 is 0.955 bits per heavy atom. The van der Waals surface area contributed by atoms with Gasteiger partial charge in [-0.1, -0.05) is 24.3 Å². The number of rotatable bonds is 13. The van der Waals surface area contributed by atoms with Crippen molar-refractivity contribution in [3.63, 3.8) is 0 Å². The van der Waals surface area contributed by atoms with E-state index in [0.717, 1.165) is 11.1 Å². The Hall–Kier alpha value is -0.110. The number of ether oxygens (including phenoxy) is 3. The van der Waals surface area contributed by atoms with E-state index in [1.807, 2.05) is 24.3 Å². The maximum absolute atomic E-state index is 11.2. The highest BCUT2D eigenvalue weighted by Gasteiger charge is 1.99. The molecule has 0 saturated carbocycles. The lowest BCUT2D eigenvalue weighted by molar-refractivity contribution is 0.00679. The lowest BCUT2D eigenvalue weighted by atomic mass is 10.1. The highest BCUT2D eigenvalue weighted by molar-refractivity contribution is 14.2. The van der Waals surface area contributed by atoms with E-state index in [4.69, 9.17) is 18.7 Å². The van der Waals surface area contributed by atoms with Crippen molar-refractivity contribution >= 4 is 34.3 Å². The molecule has 124 valence electrons. The summed E-state index contributed by atoms with van der Waals surface area (Å²) in [6.07, 6.45) is 0. The van der Waals surface area contributed by atoms with Crippen LogP contribution in [-0.4, -0.2) is 45.4 Å². The van der Waals surface area contributed by atoms with E-state index in [1.165, 1.54) is 0 Å². The van der Waals surface area contributed by atoms with Crippen LogP contribution in [0, 0.1) is 0 Å². The van der Waals surface area contributed by atoms with Gasteiger partial charge < -0.3 is 18.7 Å². The highest BCUT2D eigenvalue weighted by Crippen LogP contribution is 2.20. The Balaban J connectivity index is 1.94. The number of hydrogen-bond donors (Lipinski definition) is 0. The maximum Gasteiger partial charge on any atom is 0.159 e. The molecular weight excluding hydrogens is 418 g/mol. The molecule has 0 aliphatic heterocycles. The second kappa shape index (κ2) is 13.3. The minimum absolute atomic E-state index is 0.0735. The molecule has 22 heavy (non-hydrogen) atoms. The zero-order chi connectivity index (χ0) is 16.0. The van der Waals surface area contributed by atoms with Crippen molar-refractivity contribution < 1.29 is 23.5 Å². The molecule has 0 aliphatic carbocycles. The Morgan fingerprint density at radius 2 is 1.50 bits per heavy atom. The Labute approximate surface area is 146 Å². The van der Waals surface area contributed by atoms with Crippen LogP contribution in [0.5, 0.6) is 0 Å². The molecule has 0 spiro atoms. The monoisotopic (exact) mass is 440 g/mol. The van der Waals surface area contributed by atoms with Gasteiger partial charge in [-0.15, -0.1) is 0 Å². The van der Waals surface area contributed by atoms with Gasteiger partial charge in [0.2, 0.25) is 0 Å². The Bertz CT molecular complexity index is 413. The first-order valence-corrected chi connectivity index (χ1v) is 11.1. The van der Waals surface area contributed by atoms with Gasteiger partial charge in [0.1, 0.15) is 0 Å². The molecule has 0 aliphatic rings. The van der Waals surface area contributed by atoms with Crippen LogP contribution in [0.25, 0.3) is 0 Å². The fourth-order valence-electron chi connectivity index (χ4n) is 1.60. The van der Waals surface area contributed by atoms with Crippen LogP contribution in [-0.2, 0) is 25.3 Å². The van der Waals surface area contributed by atoms with Crippen LogP contribution >= 0.6 is 28.5 Å². The summed E-state index contributed by atoms with van der Waals surface area (Å²) in [4.78, 5) is 11.2. The first-order chi connectivity index (χ1) is 10.7. The van der Waals surface area contributed by atoms with Gasteiger partial charge in [-0.05, 0) is 34.5 Å². The zero-order valence-corrected chi connectivity index (χ0v) is 15.8. The van der Waals surface area contributed by atoms with Gasteiger partial charge in [0.15, 0.2) is 5.78 Å². The van der Waals surface area contributed by atoms with Crippen molar-refractivity contribution in [1.82, 2.24) is 0 Å².